The zero-order valence-electron chi connectivity index (χ0n) is 11.6. The number of nitrogens with zero attached hydrogens (tertiary/aromatic N) is 3. The Kier molecular flexibility index (Phi) is 4.11. The van der Waals surface area contributed by atoms with Gasteiger partial charge < -0.3 is 10.6 Å². The molecule has 0 aliphatic heterocycles. The molecule has 0 spiro atoms. The van der Waals surface area contributed by atoms with E-state index in [1.807, 2.05) is 17.6 Å². The summed E-state index contributed by atoms with van der Waals surface area (Å²) >= 11 is 1.65. The van der Waals surface area contributed by atoms with Crippen molar-refractivity contribution < 1.29 is 0 Å². The lowest BCUT2D eigenvalue weighted by molar-refractivity contribution is 0.904. The van der Waals surface area contributed by atoms with E-state index in [1.54, 1.807) is 11.3 Å². The highest BCUT2D eigenvalue weighted by molar-refractivity contribution is 7.09. The van der Waals surface area contributed by atoms with E-state index in [0.29, 0.717) is 12.5 Å². The van der Waals surface area contributed by atoms with Crippen molar-refractivity contribution in [3.05, 3.63) is 28.5 Å². The maximum absolute atomic E-state index is 4.62. The molecule has 0 aromatic carbocycles. The highest BCUT2D eigenvalue weighted by Crippen LogP contribution is 2.38. The Morgan fingerprint density at radius 2 is 2.05 bits per heavy atom. The highest BCUT2D eigenvalue weighted by Gasteiger charge is 2.27. The van der Waals surface area contributed by atoms with Crippen molar-refractivity contribution in [2.45, 2.75) is 38.6 Å². The third-order valence-corrected chi connectivity index (χ3v) is 3.93. The zero-order valence-corrected chi connectivity index (χ0v) is 12.4. The molecular formula is C14H19N5S. The second kappa shape index (κ2) is 6.17. The quantitative estimate of drug-likeness (QED) is 0.819. The second-order valence-electron chi connectivity index (χ2n) is 4.98. The van der Waals surface area contributed by atoms with Gasteiger partial charge in [0.05, 0.1) is 6.54 Å². The van der Waals surface area contributed by atoms with E-state index in [0.717, 1.165) is 35.4 Å². The van der Waals surface area contributed by atoms with Gasteiger partial charge in [-0.3, -0.25) is 0 Å². The van der Waals surface area contributed by atoms with Gasteiger partial charge in [0, 0.05) is 30.1 Å². The van der Waals surface area contributed by atoms with Crippen LogP contribution >= 0.6 is 11.3 Å². The summed E-state index contributed by atoms with van der Waals surface area (Å²) in [5.74, 6) is 3.33. The molecule has 2 aromatic heterocycles. The lowest BCUT2D eigenvalue weighted by atomic mass is 10.3. The lowest BCUT2D eigenvalue weighted by Gasteiger charge is -2.10. The minimum absolute atomic E-state index is 0.554. The smallest absolute Gasteiger partial charge is 0.136 e. The van der Waals surface area contributed by atoms with E-state index in [4.69, 9.17) is 0 Å². The predicted octanol–water partition coefficient (Wildman–Crippen LogP) is 3.24. The standard InChI is InChI=1S/C14H19N5S/c1-2-5-15-11-8-12(17-9-13-16-6-7-20-13)19-14(18-11)10-3-4-10/h6-8,10H,2-5,9H2,1H3,(H2,15,17,18,19). The molecule has 0 saturated heterocycles. The van der Waals surface area contributed by atoms with Crippen LogP contribution in [0, 0.1) is 0 Å². The molecule has 6 heteroatoms. The van der Waals surface area contributed by atoms with Gasteiger partial charge in [-0.15, -0.1) is 11.3 Å². The van der Waals surface area contributed by atoms with Crippen LogP contribution in [0.3, 0.4) is 0 Å². The van der Waals surface area contributed by atoms with Crippen LogP contribution in [0.15, 0.2) is 17.6 Å². The number of hydrogen-bond donors (Lipinski definition) is 2. The number of hydrogen-bond acceptors (Lipinski definition) is 6. The van der Waals surface area contributed by atoms with Crippen LogP contribution in [-0.2, 0) is 6.54 Å². The molecular weight excluding hydrogens is 270 g/mol. The maximum atomic E-state index is 4.62. The van der Waals surface area contributed by atoms with Crippen LogP contribution in [0.5, 0.6) is 0 Å². The Morgan fingerprint density at radius 1 is 1.25 bits per heavy atom. The number of anilines is 2. The molecule has 1 saturated carbocycles. The van der Waals surface area contributed by atoms with Crippen molar-refractivity contribution in [2.75, 3.05) is 17.2 Å². The Labute approximate surface area is 122 Å². The van der Waals surface area contributed by atoms with E-state index < -0.39 is 0 Å². The average molecular weight is 289 g/mol. The third-order valence-electron chi connectivity index (χ3n) is 3.15. The van der Waals surface area contributed by atoms with Gasteiger partial charge in [0.1, 0.15) is 22.5 Å². The molecule has 20 heavy (non-hydrogen) atoms. The van der Waals surface area contributed by atoms with Crippen molar-refractivity contribution in [1.82, 2.24) is 15.0 Å². The number of nitrogens with one attached hydrogen (secondary N) is 2. The largest absolute Gasteiger partial charge is 0.370 e. The van der Waals surface area contributed by atoms with Crippen LogP contribution in [0.1, 0.15) is 42.9 Å². The molecule has 0 atom stereocenters. The number of thiazole rings is 1. The minimum Gasteiger partial charge on any atom is -0.370 e. The monoisotopic (exact) mass is 289 g/mol. The highest BCUT2D eigenvalue weighted by atomic mass is 32.1. The number of aromatic nitrogens is 3. The summed E-state index contributed by atoms with van der Waals surface area (Å²) in [4.78, 5) is 13.5. The van der Waals surface area contributed by atoms with Crippen LogP contribution in [0.2, 0.25) is 0 Å². The van der Waals surface area contributed by atoms with Gasteiger partial charge in [0.25, 0.3) is 0 Å². The summed E-state index contributed by atoms with van der Waals surface area (Å²) in [6, 6.07) is 1.98. The molecule has 1 fully saturated rings. The van der Waals surface area contributed by atoms with Gasteiger partial charge in [0.15, 0.2) is 0 Å². The first-order valence-corrected chi connectivity index (χ1v) is 7.98. The molecule has 0 amide bonds. The fourth-order valence-electron chi connectivity index (χ4n) is 1.93. The normalized spacial score (nSPS) is 14.2. The molecule has 0 unspecified atom stereocenters. The Morgan fingerprint density at radius 3 is 2.70 bits per heavy atom. The van der Waals surface area contributed by atoms with Crippen LogP contribution in [0.25, 0.3) is 0 Å². The van der Waals surface area contributed by atoms with Crippen molar-refractivity contribution in [3.8, 4) is 0 Å². The number of rotatable bonds is 7. The van der Waals surface area contributed by atoms with Crippen molar-refractivity contribution in [2.24, 2.45) is 0 Å². The van der Waals surface area contributed by atoms with E-state index in [1.165, 1.54) is 12.8 Å². The van der Waals surface area contributed by atoms with Gasteiger partial charge in [-0.1, -0.05) is 6.92 Å². The summed E-state index contributed by atoms with van der Waals surface area (Å²) in [7, 11) is 0. The molecule has 5 nitrogen and oxygen atoms in total. The summed E-state index contributed by atoms with van der Waals surface area (Å²) < 4.78 is 0. The second-order valence-corrected chi connectivity index (χ2v) is 5.96. The van der Waals surface area contributed by atoms with Crippen LogP contribution in [0.4, 0.5) is 11.6 Å². The molecule has 0 bridgehead atoms. The SMILES string of the molecule is CCCNc1cc(NCc2nccs2)nc(C2CC2)n1. The summed E-state index contributed by atoms with van der Waals surface area (Å²) in [6.07, 6.45) is 5.34. The molecule has 0 radical (unpaired) electrons. The zero-order chi connectivity index (χ0) is 13.8. The van der Waals surface area contributed by atoms with Gasteiger partial charge in [-0.25, -0.2) is 15.0 Å². The molecule has 2 N–H and O–H groups in total. The minimum atomic E-state index is 0.554. The molecule has 3 rings (SSSR count). The van der Waals surface area contributed by atoms with E-state index in [9.17, 15) is 0 Å². The van der Waals surface area contributed by atoms with E-state index in [2.05, 4.69) is 32.5 Å². The van der Waals surface area contributed by atoms with Gasteiger partial charge in [-0.05, 0) is 19.3 Å². The lowest BCUT2D eigenvalue weighted by Crippen LogP contribution is -2.08. The third kappa shape index (κ3) is 3.45. The Hall–Kier alpha value is -1.69. The topological polar surface area (TPSA) is 62.7 Å². The maximum Gasteiger partial charge on any atom is 0.136 e. The Balaban J connectivity index is 1.72. The Bertz CT molecular complexity index is 551. The summed E-state index contributed by atoms with van der Waals surface area (Å²) in [5, 5.41) is 9.75. The fourth-order valence-corrected chi connectivity index (χ4v) is 2.49. The van der Waals surface area contributed by atoms with Crippen molar-refractivity contribution >= 4 is 23.0 Å². The fraction of sp³-hybridized carbons (Fsp3) is 0.500. The summed E-state index contributed by atoms with van der Waals surface area (Å²) in [6.45, 7) is 3.80. The van der Waals surface area contributed by atoms with Crippen LogP contribution < -0.4 is 10.6 Å². The van der Waals surface area contributed by atoms with Gasteiger partial charge in [0.2, 0.25) is 0 Å². The molecule has 1 aliphatic carbocycles. The first-order valence-electron chi connectivity index (χ1n) is 7.10. The van der Waals surface area contributed by atoms with Crippen molar-refractivity contribution in [3.63, 3.8) is 0 Å². The van der Waals surface area contributed by atoms with Gasteiger partial charge in [-0.2, -0.15) is 0 Å². The summed E-state index contributed by atoms with van der Waals surface area (Å²) in [5.41, 5.74) is 0. The average Bonchev–Trinajstić information content (AvgIpc) is 3.20. The first-order chi connectivity index (χ1) is 9.85. The van der Waals surface area contributed by atoms with Gasteiger partial charge >= 0.3 is 0 Å². The van der Waals surface area contributed by atoms with E-state index in [-0.39, 0.29) is 0 Å². The van der Waals surface area contributed by atoms with Crippen molar-refractivity contribution in [1.29, 1.82) is 0 Å². The van der Waals surface area contributed by atoms with E-state index >= 15 is 0 Å². The molecule has 2 heterocycles. The van der Waals surface area contributed by atoms with Crippen LogP contribution in [-0.4, -0.2) is 21.5 Å². The first kappa shape index (κ1) is 13.3. The molecule has 1 aliphatic rings. The molecule has 106 valence electrons. The molecule has 2 aromatic rings. The predicted molar refractivity (Wildman–Crippen MR) is 82.2 cm³/mol.